The number of hydrogen-bond donors (Lipinski definition) is 1. The number of likely N-dealkylation sites (tertiary alicyclic amines) is 1. The highest BCUT2D eigenvalue weighted by atomic mass is 32.2. The molecule has 2 bridgehead atoms. The number of aromatic nitrogens is 1. The van der Waals surface area contributed by atoms with E-state index in [2.05, 4.69) is 10.3 Å². The van der Waals surface area contributed by atoms with Crippen LogP contribution < -0.4 is 5.32 Å². The second-order valence-electron chi connectivity index (χ2n) is 6.63. The highest BCUT2D eigenvalue weighted by molar-refractivity contribution is 7.90. The zero-order valence-electron chi connectivity index (χ0n) is 13.4. The largest absolute Gasteiger partial charge is 0.365 e. The molecular weight excluding hydrogens is 332 g/mol. The number of morpholine rings is 1. The van der Waals surface area contributed by atoms with Gasteiger partial charge in [0.05, 0.1) is 12.6 Å². The summed E-state index contributed by atoms with van der Waals surface area (Å²) in [4.78, 5) is 17.6. The molecule has 1 aromatic heterocycles. The molecular formula is C15H20N4O4S. The Balaban J connectivity index is 1.61. The van der Waals surface area contributed by atoms with Crippen LogP contribution in [0.3, 0.4) is 0 Å². The Bertz CT molecular complexity index is 756. The maximum absolute atomic E-state index is 13.0. The molecule has 8 nitrogen and oxygen atoms in total. The minimum absolute atomic E-state index is 0.187. The normalized spacial score (nSPS) is 34.1. The van der Waals surface area contributed by atoms with Crippen molar-refractivity contribution in [2.45, 2.75) is 29.9 Å². The van der Waals surface area contributed by atoms with Gasteiger partial charge in [-0.15, -0.1) is 0 Å². The first-order chi connectivity index (χ1) is 11.4. The zero-order valence-corrected chi connectivity index (χ0v) is 14.2. The fourth-order valence-corrected chi connectivity index (χ4v) is 6.39. The lowest BCUT2D eigenvalue weighted by Crippen LogP contribution is -2.58. The SMILES string of the molecule is CNC(=O)N1C[C@H]2C[C@H]3[C@](C1)(CN(Cc1ccncc1)S3(=O)=O)O2. The molecule has 1 aromatic rings. The minimum atomic E-state index is -3.45. The molecule has 9 heteroatoms. The highest BCUT2D eigenvalue weighted by Gasteiger charge is 2.65. The molecule has 0 aromatic carbocycles. The van der Waals surface area contributed by atoms with Gasteiger partial charge in [-0.05, 0) is 24.1 Å². The summed E-state index contributed by atoms with van der Waals surface area (Å²) < 4.78 is 33.5. The number of urea groups is 1. The number of nitrogens with one attached hydrogen (secondary N) is 1. The van der Waals surface area contributed by atoms with Gasteiger partial charge in [-0.2, -0.15) is 4.31 Å². The van der Waals surface area contributed by atoms with Gasteiger partial charge in [-0.25, -0.2) is 13.2 Å². The number of carbonyl (C=O) groups excluding carboxylic acids is 1. The van der Waals surface area contributed by atoms with Crippen molar-refractivity contribution in [1.82, 2.24) is 19.5 Å². The molecule has 3 aliphatic heterocycles. The molecule has 4 heterocycles. The molecule has 2 amide bonds. The Labute approximate surface area is 140 Å². The lowest BCUT2D eigenvalue weighted by molar-refractivity contribution is -0.0956. The van der Waals surface area contributed by atoms with Crippen LogP contribution >= 0.6 is 0 Å². The van der Waals surface area contributed by atoms with Crippen molar-refractivity contribution in [3.8, 4) is 0 Å². The third-order valence-corrected chi connectivity index (χ3v) is 7.44. The number of fused-ring (bicyclic) bond motifs is 1. The zero-order chi connectivity index (χ0) is 16.9. The Morgan fingerprint density at radius 2 is 2.17 bits per heavy atom. The predicted octanol–water partition coefficient (Wildman–Crippen LogP) is -0.222. The van der Waals surface area contributed by atoms with E-state index in [-0.39, 0.29) is 18.7 Å². The summed E-state index contributed by atoms with van der Waals surface area (Å²) in [7, 11) is -1.87. The van der Waals surface area contributed by atoms with Gasteiger partial charge in [-0.1, -0.05) is 0 Å². The van der Waals surface area contributed by atoms with Crippen LogP contribution in [0, 0.1) is 0 Å². The standard InChI is InChI=1S/C15H20N4O4S/c1-16-14(20)18-8-12-6-13-15(9-18,23-12)10-19(24(13,21)22)7-11-2-4-17-5-3-11/h2-5,12-13H,6-10H2,1H3,(H,16,20)/t12-,13+,15+/m1/s1. The van der Waals surface area contributed by atoms with Crippen LogP contribution in [-0.2, 0) is 21.3 Å². The first kappa shape index (κ1) is 15.8. The number of ether oxygens (including phenoxy) is 1. The number of hydrogen-bond acceptors (Lipinski definition) is 5. The van der Waals surface area contributed by atoms with Crippen LogP contribution in [0.4, 0.5) is 4.79 Å². The summed E-state index contributed by atoms with van der Waals surface area (Å²) in [5.74, 6) is 0. The van der Waals surface area contributed by atoms with Crippen molar-refractivity contribution in [3.63, 3.8) is 0 Å². The van der Waals surface area contributed by atoms with E-state index in [1.54, 1.807) is 24.3 Å². The van der Waals surface area contributed by atoms with Crippen LogP contribution in [0.5, 0.6) is 0 Å². The molecule has 0 saturated carbocycles. The summed E-state index contributed by atoms with van der Waals surface area (Å²) in [5.41, 5.74) is 0.0712. The topological polar surface area (TPSA) is 91.8 Å². The minimum Gasteiger partial charge on any atom is -0.365 e. The van der Waals surface area contributed by atoms with Crippen molar-refractivity contribution in [1.29, 1.82) is 0 Å². The van der Waals surface area contributed by atoms with Gasteiger partial charge >= 0.3 is 6.03 Å². The van der Waals surface area contributed by atoms with Gasteiger partial charge < -0.3 is 15.0 Å². The second-order valence-corrected chi connectivity index (χ2v) is 8.75. The van der Waals surface area contributed by atoms with E-state index in [4.69, 9.17) is 4.74 Å². The molecule has 24 heavy (non-hydrogen) atoms. The molecule has 0 aliphatic carbocycles. The monoisotopic (exact) mass is 352 g/mol. The van der Waals surface area contributed by atoms with Crippen molar-refractivity contribution < 1.29 is 17.9 Å². The summed E-state index contributed by atoms with van der Waals surface area (Å²) in [6, 6.07) is 3.43. The van der Waals surface area contributed by atoms with E-state index in [9.17, 15) is 13.2 Å². The van der Waals surface area contributed by atoms with Crippen molar-refractivity contribution in [2.75, 3.05) is 26.7 Å². The highest BCUT2D eigenvalue weighted by Crippen LogP contribution is 2.46. The third kappa shape index (κ3) is 2.30. The molecule has 0 unspecified atom stereocenters. The van der Waals surface area contributed by atoms with Gasteiger partial charge in [0, 0.05) is 39.1 Å². The fraction of sp³-hybridized carbons (Fsp3) is 0.600. The molecule has 0 radical (unpaired) electrons. The van der Waals surface area contributed by atoms with E-state index < -0.39 is 20.9 Å². The predicted molar refractivity (Wildman–Crippen MR) is 85.6 cm³/mol. The average molecular weight is 352 g/mol. The first-order valence-corrected chi connectivity index (χ1v) is 9.47. The van der Waals surface area contributed by atoms with Crippen LogP contribution in [0.15, 0.2) is 24.5 Å². The smallest absolute Gasteiger partial charge is 0.317 e. The van der Waals surface area contributed by atoms with Crippen molar-refractivity contribution in [2.24, 2.45) is 0 Å². The van der Waals surface area contributed by atoms with Gasteiger partial charge in [0.1, 0.15) is 10.9 Å². The lowest BCUT2D eigenvalue weighted by Gasteiger charge is -2.39. The van der Waals surface area contributed by atoms with E-state index in [1.165, 1.54) is 4.31 Å². The van der Waals surface area contributed by atoms with E-state index in [1.807, 2.05) is 12.1 Å². The van der Waals surface area contributed by atoms with Crippen molar-refractivity contribution in [3.05, 3.63) is 30.1 Å². The Hall–Kier alpha value is -1.71. The maximum atomic E-state index is 13.0. The second kappa shape index (κ2) is 5.40. The van der Waals surface area contributed by atoms with E-state index in [0.29, 0.717) is 26.1 Å². The molecule has 3 aliphatic rings. The number of carbonyl (C=O) groups is 1. The van der Waals surface area contributed by atoms with E-state index in [0.717, 1.165) is 5.56 Å². The Morgan fingerprint density at radius 1 is 1.42 bits per heavy atom. The van der Waals surface area contributed by atoms with Crippen LogP contribution in [-0.4, -0.2) is 72.3 Å². The molecule has 1 N–H and O–H groups in total. The average Bonchev–Trinajstić information content (AvgIpc) is 2.94. The van der Waals surface area contributed by atoms with Crippen LogP contribution in [0.2, 0.25) is 0 Å². The van der Waals surface area contributed by atoms with Gasteiger partial charge in [0.15, 0.2) is 0 Å². The van der Waals surface area contributed by atoms with Gasteiger partial charge in [0.25, 0.3) is 0 Å². The number of amides is 2. The van der Waals surface area contributed by atoms with Gasteiger partial charge in [-0.3, -0.25) is 4.98 Å². The quantitative estimate of drug-likeness (QED) is 0.794. The summed E-state index contributed by atoms with van der Waals surface area (Å²) in [6.07, 6.45) is 3.54. The van der Waals surface area contributed by atoms with Crippen LogP contribution in [0.1, 0.15) is 12.0 Å². The molecule has 3 saturated heterocycles. The number of nitrogens with zero attached hydrogens (tertiary/aromatic N) is 3. The molecule has 130 valence electrons. The molecule has 4 rings (SSSR count). The van der Waals surface area contributed by atoms with Crippen LogP contribution in [0.25, 0.3) is 0 Å². The Morgan fingerprint density at radius 3 is 2.88 bits per heavy atom. The molecule has 3 atom stereocenters. The number of rotatable bonds is 2. The maximum Gasteiger partial charge on any atom is 0.317 e. The Kier molecular flexibility index (Phi) is 3.55. The van der Waals surface area contributed by atoms with Crippen molar-refractivity contribution >= 4 is 16.1 Å². The third-order valence-electron chi connectivity index (χ3n) is 5.12. The van der Waals surface area contributed by atoms with E-state index >= 15 is 0 Å². The van der Waals surface area contributed by atoms with Gasteiger partial charge in [0.2, 0.25) is 10.0 Å². The fourth-order valence-electron chi connectivity index (χ4n) is 4.09. The number of pyridine rings is 1. The lowest BCUT2D eigenvalue weighted by atomic mass is 9.99. The summed E-state index contributed by atoms with van der Waals surface area (Å²) >= 11 is 0. The number of sulfonamides is 1. The first-order valence-electron chi connectivity index (χ1n) is 7.97. The summed E-state index contributed by atoms with van der Waals surface area (Å²) in [6.45, 7) is 1.33. The summed E-state index contributed by atoms with van der Waals surface area (Å²) in [5, 5.41) is 2.04. The molecule has 3 fully saturated rings. The molecule has 1 spiro atoms.